The van der Waals surface area contributed by atoms with Crippen molar-refractivity contribution < 1.29 is 44.3 Å². The second-order valence-electron chi connectivity index (χ2n) is 11.5. The van der Waals surface area contributed by atoms with E-state index in [0.29, 0.717) is 11.3 Å². The molecule has 0 heterocycles. The zero-order valence-corrected chi connectivity index (χ0v) is 24.8. The van der Waals surface area contributed by atoms with Crippen LogP contribution in [0.3, 0.4) is 0 Å². The molecular formula is C29H33N4O9P. The molecule has 5 unspecified atom stereocenters. The normalized spacial score (nSPS) is 26.4. The van der Waals surface area contributed by atoms with Crippen molar-refractivity contribution in [2.24, 2.45) is 17.6 Å². The van der Waals surface area contributed by atoms with Crippen LogP contribution in [0, 0.1) is 11.8 Å². The van der Waals surface area contributed by atoms with Crippen molar-refractivity contribution in [3.63, 3.8) is 0 Å². The summed E-state index contributed by atoms with van der Waals surface area (Å²) in [4.78, 5) is 53.4. The summed E-state index contributed by atoms with van der Waals surface area (Å²) in [6.45, 7) is 0. The number of aromatic hydroxyl groups is 1. The molecule has 2 aromatic carbocycles. The SMILES string of the molecule is CN(C)c1cc(NP(=O)(O)c2ccccc2)c(O)c2c1CC1CC3C(N(C)C)C(=O)C(C(N)=O)=C(O)C3(O)C(=O)C1=C2O. The molecule has 0 saturated heterocycles. The van der Waals surface area contributed by atoms with Gasteiger partial charge in [0.1, 0.15) is 22.8 Å². The minimum Gasteiger partial charge on any atom is -0.508 e. The van der Waals surface area contributed by atoms with E-state index in [-0.39, 0.29) is 35.0 Å². The summed E-state index contributed by atoms with van der Waals surface area (Å²) in [5.74, 6) is -7.75. The number of hydrogen-bond donors (Lipinski definition) is 7. The fourth-order valence-electron chi connectivity index (χ4n) is 6.63. The number of Topliss-reactive ketones (excluding diaryl/α,β-unsaturated/α-hetero) is 2. The van der Waals surface area contributed by atoms with Crippen LogP contribution in [-0.2, 0) is 25.4 Å². The van der Waals surface area contributed by atoms with Gasteiger partial charge in [0, 0.05) is 31.3 Å². The smallest absolute Gasteiger partial charge is 0.321 e. The largest absolute Gasteiger partial charge is 0.508 e. The highest BCUT2D eigenvalue weighted by atomic mass is 31.2. The molecule has 5 atom stereocenters. The van der Waals surface area contributed by atoms with Crippen LogP contribution in [0.15, 0.2) is 53.3 Å². The summed E-state index contributed by atoms with van der Waals surface area (Å²) in [6.07, 6.45) is 0.0185. The molecule has 0 spiro atoms. The number of fused-ring (bicyclic) bond motifs is 3. The van der Waals surface area contributed by atoms with Gasteiger partial charge in [0.25, 0.3) is 5.91 Å². The molecule has 1 amide bonds. The molecule has 5 rings (SSSR count). The molecule has 1 fully saturated rings. The number of primary amides is 1. The Balaban J connectivity index is 1.71. The lowest BCUT2D eigenvalue weighted by Gasteiger charge is -2.50. The lowest BCUT2D eigenvalue weighted by molar-refractivity contribution is -0.153. The number of benzene rings is 2. The van der Waals surface area contributed by atoms with Gasteiger partial charge in [0.05, 0.1) is 22.6 Å². The molecule has 14 heteroatoms. The van der Waals surface area contributed by atoms with E-state index in [1.807, 2.05) is 0 Å². The Morgan fingerprint density at radius 2 is 1.72 bits per heavy atom. The van der Waals surface area contributed by atoms with Crippen molar-refractivity contribution >= 4 is 47.4 Å². The number of anilines is 2. The van der Waals surface area contributed by atoms with Gasteiger partial charge in [0.2, 0.25) is 5.78 Å². The third-order valence-electron chi connectivity index (χ3n) is 8.56. The van der Waals surface area contributed by atoms with E-state index in [0.717, 1.165) is 0 Å². The maximum absolute atomic E-state index is 14.1. The fraction of sp³-hybridized carbons (Fsp3) is 0.345. The van der Waals surface area contributed by atoms with Crippen LogP contribution in [-0.4, -0.2) is 87.5 Å². The van der Waals surface area contributed by atoms with Gasteiger partial charge in [-0.05, 0) is 56.6 Å². The number of nitrogens with one attached hydrogen (secondary N) is 1. The molecule has 0 radical (unpaired) electrons. The van der Waals surface area contributed by atoms with Gasteiger partial charge in [-0.2, -0.15) is 0 Å². The minimum absolute atomic E-state index is 0.0563. The molecule has 8 N–H and O–H groups in total. The number of aliphatic hydroxyl groups excluding tert-OH is 2. The standard InChI is InChI=1S/C29H33N4O9P/c1-32(2)18-12-17(31-43(41,42)14-8-6-5-7-9-14)23(34)20-15(18)10-13-11-16-22(33(3)4)25(36)21(28(30)39)27(38)29(16,40)26(37)19(13)24(20)35/h5-9,12-13,16,22,34-35,38,40H,10-11H2,1-4H3,(H2,30,39)(H2,31,41,42). The summed E-state index contributed by atoms with van der Waals surface area (Å²) in [5, 5.41) is 48.3. The molecule has 1 saturated carbocycles. The minimum atomic E-state index is -4.27. The Kier molecular flexibility index (Phi) is 7.21. The number of rotatable bonds is 6. The van der Waals surface area contributed by atoms with Gasteiger partial charge in [-0.15, -0.1) is 0 Å². The van der Waals surface area contributed by atoms with Crippen LogP contribution in [0.5, 0.6) is 5.75 Å². The van der Waals surface area contributed by atoms with Crippen LogP contribution < -0.4 is 21.0 Å². The van der Waals surface area contributed by atoms with Gasteiger partial charge in [-0.25, -0.2) is 0 Å². The molecule has 3 aliphatic rings. The quantitative estimate of drug-likeness (QED) is 0.138. The molecule has 0 aromatic heterocycles. The van der Waals surface area contributed by atoms with Crippen molar-refractivity contribution in [2.45, 2.75) is 24.5 Å². The van der Waals surface area contributed by atoms with Crippen molar-refractivity contribution in [1.82, 2.24) is 4.90 Å². The van der Waals surface area contributed by atoms with E-state index >= 15 is 0 Å². The van der Waals surface area contributed by atoms with Gasteiger partial charge in [-0.3, -0.25) is 23.8 Å². The number of phenolic OH excluding ortho intramolecular Hbond substituents is 1. The van der Waals surface area contributed by atoms with Crippen molar-refractivity contribution in [3.8, 4) is 5.75 Å². The zero-order chi connectivity index (χ0) is 31.8. The molecule has 13 nitrogen and oxygen atoms in total. The third-order valence-corrected chi connectivity index (χ3v) is 10.1. The maximum Gasteiger partial charge on any atom is 0.321 e. The van der Waals surface area contributed by atoms with Crippen LogP contribution in [0.25, 0.3) is 5.76 Å². The fourth-order valence-corrected chi connectivity index (χ4v) is 7.84. The number of phenols is 1. The first kappa shape index (κ1) is 30.3. The van der Waals surface area contributed by atoms with Gasteiger partial charge < -0.3 is 41.0 Å². The van der Waals surface area contributed by atoms with Crippen molar-refractivity contribution in [3.05, 3.63) is 64.4 Å². The van der Waals surface area contributed by atoms with Gasteiger partial charge >= 0.3 is 7.52 Å². The van der Waals surface area contributed by atoms with E-state index in [9.17, 15) is 44.3 Å². The number of nitrogens with zero attached hydrogens (tertiary/aromatic N) is 2. The highest BCUT2D eigenvalue weighted by Gasteiger charge is 2.64. The third kappa shape index (κ3) is 4.42. The highest BCUT2D eigenvalue weighted by Crippen LogP contribution is 2.55. The predicted molar refractivity (Wildman–Crippen MR) is 158 cm³/mol. The molecule has 0 aliphatic heterocycles. The number of nitrogens with two attached hydrogens (primary N) is 1. The number of amides is 1. The molecule has 43 heavy (non-hydrogen) atoms. The van der Waals surface area contributed by atoms with Crippen LogP contribution >= 0.6 is 7.52 Å². The molecular weight excluding hydrogens is 579 g/mol. The lowest BCUT2D eigenvalue weighted by Crippen LogP contribution is -2.65. The number of carbonyl (C=O) groups is 3. The molecule has 2 aromatic rings. The van der Waals surface area contributed by atoms with E-state index < -0.39 is 71.3 Å². The monoisotopic (exact) mass is 612 g/mol. The molecule has 0 bridgehead atoms. The molecule has 3 aliphatic carbocycles. The Morgan fingerprint density at radius 1 is 1.09 bits per heavy atom. The number of aliphatic hydroxyl groups is 3. The summed E-state index contributed by atoms with van der Waals surface area (Å²) in [5.41, 5.74) is 1.87. The van der Waals surface area contributed by atoms with Crippen LogP contribution in [0.2, 0.25) is 0 Å². The summed E-state index contributed by atoms with van der Waals surface area (Å²) in [6, 6.07) is 7.97. The van der Waals surface area contributed by atoms with Crippen LogP contribution in [0.1, 0.15) is 17.5 Å². The van der Waals surface area contributed by atoms with Gasteiger partial charge in [0.15, 0.2) is 11.4 Å². The Morgan fingerprint density at radius 3 is 2.28 bits per heavy atom. The summed E-state index contributed by atoms with van der Waals surface area (Å²) >= 11 is 0. The second-order valence-corrected chi connectivity index (χ2v) is 13.4. The second kappa shape index (κ2) is 10.2. The summed E-state index contributed by atoms with van der Waals surface area (Å²) in [7, 11) is 2.18. The number of ketones is 2. The summed E-state index contributed by atoms with van der Waals surface area (Å²) < 4.78 is 13.2. The Hall–Kier alpha value is -4.16. The van der Waals surface area contributed by atoms with Crippen molar-refractivity contribution in [2.75, 3.05) is 38.2 Å². The zero-order valence-electron chi connectivity index (χ0n) is 23.9. The predicted octanol–water partition coefficient (Wildman–Crippen LogP) is 0.953. The number of likely N-dealkylation sites (N-methyl/N-ethyl adjacent to an activating group) is 1. The first-order chi connectivity index (χ1) is 20.0. The van der Waals surface area contributed by atoms with Gasteiger partial charge in [-0.1, -0.05) is 18.2 Å². The Labute approximate surface area is 247 Å². The lowest BCUT2D eigenvalue weighted by atomic mass is 9.57. The average Bonchev–Trinajstić information content (AvgIpc) is 2.92. The van der Waals surface area contributed by atoms with E-state index in [1.165, 1.54) is 37.2 Å². The number of hydrogen-bond acceptors (Lipinski definition) is 10. The van der Waals surface area contributed by atoms with Crippen LogP contribution in [0.4, 0.5) is 11.4 Å². The Bertz CT molecular complexity index is 1680. The highest BCUT2D eigenvalue weighted by molar-refractivity contribution is 7.67. The van der Waals surface area contributed by atoms with E-state index in [1.54, 1.807) is 37.2 Å². The van der Waals surface area contributed by atoms with E-state index in [2.05, 4.69) is 5.09 Å². The first-order valence-electron chi connectivity index (χ1n) is 13.4. The first-order valence-corrected chi connectivity index (χ1v) is 15.1. The van der Waals surface area contributed by atoms with Crippen molar-refractivity contribution in [1.29, 1.82) is 0 Å². The molecule has 228 valence electrons. The topological polar surface area (TPSA) is 214 Å². The maximum atomic E-state index is 14.1. The average molecular weight is 613 g/mol. The number of carbonyl (C=O) groups excluding carboxylic acids is 3. The van der Waals surface area contributed by atoms with E-state index in [4.69, 9.17) is 5.73 Å².